The van der Waals surface area contributed by atoms with Gasteiger partial charge in [-0.15, -0.1) is 0 Å². The summed E-state index contributed by atoms with van der Waals surface area (Å²) < 4.78 is 28.0. The van der Waals surface area contributed by atoms with Gasteiger partial charge in [-0.05, 0) is 37.4 Å². The summed E-state index contributed by atoms with van der Waals surface area (Å²) in [5.74, 6) is 1.02. The molecule has 0 aromatic carbocycles. The Labute approximate surface area is 151 Å². The van der Waals surface area contributed by atoms with Gasteiger partial charge in [0.25, 0.3) is 0 Å². The van der Waals surface area contributed by atoms with Crippen molar-refractivity contribution < 1.29 is 13.2 Å². The van der Waals surface area contributed by atoms with Crippen molar-refractivity contribution in [3.63, 3.8) is 0 Å². The summed E-state index contributed by atoms with van der Waals surface area (Å²) in [6, 6.07) is 3.85. The predicted octanol–water partition coefficient (Wildman–Crippen LogP) is 1.56. The van der Waals surface area contributed by atoms with Crippen molar-refractivity contribution >= 4 is 15.7 Å². The number of hydrogen-bond acceptors (Lipinski definition) is 6. The van der Waals surface area contributed by atoms with Crippen molar-refractivity contribution in [1.29, 1.82) is 0 Å². The first kappa shape index (κ1) is 18.6. The van der Waals surface area contributed by atoms with Crippen molar-refractivity contribution in [2.45, 2.75) is 25.0 Å². The van der Waals surface area contributed by atoms with E-state index in [1.807, 2.05) is 12.1 Å². The summed E-state index contributed by atoms with van der Waals surface area (Å²) in [5, 5.41) is 0. The van der Waals surface area contributed by atoms with Crippen LogP contribution in [0.5, 0.6) is 0 Å². The van der Waals surface area contributed by atoms with Gasteiger partial charge in [0, 0.05) is 51.2 Å². The van der Waals surface area contributed by atoms with Crippen molar-refractivity contribution in [2.24, 2.45) is 5.41 Å². The number of hydrogen-bond donors (Lipinski definition) is 0. The Balaban J connectivity index is 1.62. The molecule has 2 saturated heterocycles. The quantitative estimate of drug-likeness (QED) is 0.760. The topological polar surface area (TPSA) is 62.7 Å². The van der Waals surface area contributed by atoms with E-state index in [0.717, 1.165) is 44.2 Å². The fourth-order valence-electron chi connectivity index (χ4n) is 4.18. The van der Waals surface area contributed by atoms with E-state index < -0.39 is 9.84 Å². The van der Waals surface area contributed by atoms with Crippen LogP contribution in [0.3, 0.4) is 0 Å². The van der Waals surface area contributed by atoms with Gasteiger partial charge in [-0.1, -0.05) is 6.07 Å². The summed E-state index contributed by atoms with van der Waals surface area (Å²) in [6.45, 7) is 6.17. The van der Waals surface area contributed by atoms with Crippen LogP contribution in [0.25, 0.3) is 0 Å². The van der Waals surface area contributed by atoms with Gasteiger partial charge in [-0.2, -0.15) is 0 Å². The van der Waals surface area contributed by atoms with Crippen LogP contribution in [0, 0.1) is 5.41 Å². The summed E-state index contributed by atoms with van der Waals surface area (Å²) in [7, 11) is -1.25. The molecule has 1 aromatic rings. The van der Waals surface area contributed by atoms with E-state index >= 15 is 0 Å². The molecule has 0 unspecified atom stereocenters. The number of pyridine rings is 1. The molecule has 1 spiro atoms. The number of aromatic nitrogens is 1. The number of nitrogens with zero attached hydrogens (tertiary/aromatic N) is 3. The second kappa shape index (κ2) is 7.60. The van der Waals surface area contributed by atoms with Crippen LogP contribution in [-0.4, -0.2) is 71.0 Å². The molecule has 0 N–H and O–H groups in total. The highest BCUT2D eigenvalue weighted by Crippen LogP contribution is 2.40. The zero-order chi connectivity index (χ0) is 17.9. The van der Waals surface area contributed by atoms with Crippen LogP contribution in [0.4, 0.5) is 5.82 Å². The lowest BCUT2D eigenvalue weighted by Gasteiger charge is -2.40. The Bertz CT molecular complexity index is 677. The smallest absolute Gasteiger partial charge is 0.151 e. The van der Waals surface area contributed by atoms with Gasteiger partial charge < -0.3 is 14.5 Å². The lowest BCUT2D eigenvalue weighted by molar-refractivity contribution is 0.0756. The number of ether oxygens (including phenoxy) is 1. The van der Waals surface area contributed by atoms with Gasteiger partial charge in [0.2, 0.25) is 0 Å². The first-order chi connectivity index (χ1) is 11.9. The van der Waals surface area contributed by atoms with Crippen molar-refractivity contribution in [3.05, 3.63) is 23.9 Å². The summed E-state index contributed by atoms with van der Waals surface area (Å²) in [5.41, 5.74) is 1.11. The number of anilines is 1. The lowest BCUT2D eigenvalue weighted by atomic mass is 9.79. The third-order valence-corrected chi connectivity index (χ3v) is 6.21. The number of rotatable bonds is 6. The van der Waals surface area contributed by atoms with Gasteiger partial charge in [0.05, 0.1) is 12.4 Å². The normalized spacial score (nSPS) is 25.0. The minimum Gasteiger partial charge on any atom is -0.383 e. The number of likely N-dealkylation sites (tertiary alicyclic amines) is 1. The Morgan fingerprint density at radius 1 is 1.24 bits per heavy atom. The zero-order valence-electron chi connectivity index (χ0n) is 15.3. The van der Waals surface area contributed by atoms with E-state index in [1.54, 1.807) is 13.3 Å². The van der Waals surface area contributed by atoms with E-state index in [9.17, 15) is 8.42 Å². The average molecular weight is 368 g/mol. The fraction of sp³-hybridized carbons (Fsp3) is 0.722. The maximum absolute atomic E-state index is 11.4. The molecule has 3 heterocycles. The number of piperidine rings is 1. The Morgan fingerprint density at radius 3 is 2.76 bits per heavy atom. The van der Waals surface area contributed by atoms with Gasteiger partial charge >= 0.3 is 0 Å². The lowest BCUT2D eigenvalue weighted by Crippen LogP contribution is -2.45. The molecule has 140 valence electrons. The highest BCUT2D eigenvalue weighted by molar-refractivity contribution is 7.89. The maximum Gasteiger partial charge on any atom is 0.151 e. The minimum atomic E-state index is -3.01. The van der Waals surface area contributed by atoms with Crippen LogP contribution >= 0.6 is 0 Å². The van der Waals surface area contributed by atoms with Gasteiger partial charge in [-0.3, -0.25) is 0 Å². The SMILES string of the molecule is COCCN1CCC[C@@]2(CCN(c3ccc(CS(C)(=O)=O)cn3)C2)C1. The molecule has 7 heteroatoms. The van der Waals surface area contributed by atoms with Crippen LogP contribution in [0.1, 0.15) is 24.8 Å². The largest absolute Gasteiger partial charge is 0.383 e. The number of methoxy groups -OCH3 is 1. The molecule has 6 nitrogen and oxygen atoms in total. The van der Waals surface area contributed by atoms with E-state index in [4.69, 9.17) is 4.74 Å². The molecular weight excluding hydrogens is 338 g/mol. The van der Waals surface area contributed by atoms with Crippen molar-refractivity contribution in [2.75, 3.05) is 57.6 Å². The summed E-state index contributed by atoms with van der Waals surface area (Å²) in [6.07, 6.45) is 6.68. The molecule has 1 atom stereocenters. The van der Waals surface area contributed by atoms with E-state index in [1.165, 1.54) is 32.1 Å². The van der Waals surface area contributed by atoms with Crippen molar-refractivity contribution in [1.82, 2.24) is 9.88 Å². The molecule has 0 amide bonds. The molecule has 0 saturated carbocycles. The Hall–Kier alpha value is -1.18. The predicted molar refractivity (Wildman–Crippen MR) is 99.6 cm³/mol. The van der Waals surface area contributed by atoms with Crippen LogP contribution < -0.4 is 4.90 Å². The molecule has 0 aliphatic carbocycles. The second-order valence-electron chi connectivity index (χ2n) is 7.64. The van der Waals surface area contributed by atoms with E-state index in [0.29, 0.717) is 5.41 Å². The molecule has 0 radical (unpaired) electrons. The molecule has 2 aliphatic heterocycles. The van der Waals surface area contributed by atoms with Crippen LogP contribution in [0.15, 0.2) is 18.3 Å². The first-order valence-corrected chi connectivity index (χ1v) is 11.0. The number of sulfone groups is 1. The van der Waals surface area contributed by atoms with Gasteiger partial charge in [0.15, 0.2) is 9.84 Å². The molecule has 0 bridgehead atoms. The highest BCUT2D eigenvalue weighted by atomic mass is 32.2. The first-order valence-electron chi connectivity index (χ1n) is 8.98. The van der Waals surface area contributed by atoms with Crippen LogP contribution in [0.2, 0.25) is 0 Å². The third-order valence-electron chi connectivity index (χ3n) is 5.35. The Kier molecular flexibility index (Phi) is 5.65. The molecule has 2 aliphatic rings. The Morgan fingerprint density at radius 2 is 2.08 bits per heavy atom. The standard InChI is InChI=1S/C18H29N3O3S/c1-24-11-10-20-8-3-6-18(14-20)7-9-21(15-18)17-5-4-16(12-19-17)13-25(2,22)23/h4-5,12H,3,6-11,13-15H2,1-2H3/t18-/m1/s1. The third kappa shape index (κ3) is 4.92. The second-order valence-corrected chi connectivity index (χ2v) is 9.78. The molecular formula is C18H29N3O3S. The summed E-state index contributed by atoms with van der Waals surface area (Å²) in [4.78, 5) is 9.40. The average Bonchev–Trinajstić information content (AvgIpc) is 2.95. The molecule has 3 rings (SSSR count). The fourth-order valence-corrected chi connectivity index (χ4v) is 4.95. The van der Waals surface area contributed by atoms with Gasteiger partial charge in [-0.25, -0.2) is 13.4 Å². The van der Waals surface area contributed by atoms with Crippen LogP contribution in [-0.2, 0) is 20.3 Å². The maximum atomic E-state index is 11.4. The monoisotopic (exact) mass is 367 g/mol. The summed E-state index contributed by atoms with van der Waals surface area (Å²) >= 11 is 0. The highest BCUT2D eigenvalue weighted by Gasteiger charge is 2.41. The molecule has 25 heavy (non-hydrogen) atoms. The zero-order valence-corrected chi connectivity index (χ0v) is 16.1. The van der Waals surface area contributed by atoms with Crippen molar-refractivity contribution in [3.8, 4) is 0 Å². The van der Waals surface area contributed by atoms with E-state index in [2.05, 4.69) is 14.8 Å². The van der Waals surface area contributed by atoms with Gasteiger partial charge in [0.1, 0.15) is 5.82 Å². The molecule has 1 aromatic heterocycles. The van der Waals surface area contributed by atoms with E-state index in [-0.39, 0.29) is 5.75 Å². The minimum absolute atomic E-state index is 0.0542. The molecule has 2 fully saturated rings.